The second-order valence-corrected chi connectivity index (χ2v) is 5.56. The molecule has 1 atom stereocenters. The third-order valence-electron chi connectivity index (χ3n) is 4.12. The van der Waals surface area contributed by atoms with Gasteiger partial charge in [-0.15, -0.1) is 0 Å². The van der Waals surface area contributed by atoms with E-state index in [-0.39, 0.29) is 0 Å². The van der Waals surface area contributed by atoms with E-state index >= 15 is 0 Å². The van der Waals surface area contributed by atoms with Crippen LogP contribution in [0.25, 0.3) is 0 Å². The van der Waals surface area contributed by atoms with Crippen LogP contribution in [-0.4, -0.2) is 31.6 Å². The normalized spacial score (nSPS) is 20.2. The summed E-state index contributed by atoms with van der Waals surface area (Å²) in [6.45, 7) is 5.64. The zero-order valence-electron chi connectivity index (χ0n) is 11.3. The van der Waals surface area contributed by atoms with Crippen molar-refractivity contribution < 1.29 is 0 Å². The Hall–Kier alpha value is -0.0800. The molecule has 0 aliphatic heterocycles. The van der Waals surface area contributed by atoms with E-state index in [2.05, 4.69) is 18.9 Å². The fourth-order valence-corrected chi connectivity index (χ4v) is 2.79. The first-order valence-corrected chi connectivity index (χ1v) is 7.14. The van der Waals surface area contributed by atoms with Gasteiger partial charge in [0.15, 0.2) is 0 Å². The van der Waals surface area contributed by atoms with E-state index in [1.54, 1.807) is 0 Å². The van der Waals surface area contributed by atoms with Crippen molar-refractivity contribution in [3.63, 3.8) is 0 Å². The predicted octanol–water partition coefficient (Wildman–Crippen LogP) is 2.87. The zero-order chi connectivity index (χ0) is 11.8. The van der Waals surface area contributed by atoms with Gasteiger partial charge in [0.25, 0.3) is 0 Å². The Morgan fingerprint density at radius 1 is 1.25 bits per heavy atom. The van der Waals surface area contributed by atoms with Gasteiger partial charge in [-0.3, -0.25) is 0 Å². The van der Waals surface area contributed by atoms with Crippen molar-refractivity contribution in [2.75, 3.05) is 26.7 Å². The molecule has 2 N–H and O–H groups in total. The Morgan fingerprint density at radius 2 is 1.94 bits per heavy atom. The van der Waals surface area contributed by atoms with E-state index in [9.17, 15) is 0 Å². The van der Waals surface area contributed by atoms with Crippen LogP contribution in [0.2, 0.25) is 0 Å². The van der Waals surface area contributed by atoms with Gasteiger partial charge in [-0.2, -0.15) is 0 Å². The molecule has 1 rings (SSSR count). The zero-order valence-corrected chi connectivity index (χ0v) is 11.3. The van der Waals surface area contributed by atoms with Gasteiger partial charge in [0.2, 0.25) is 0 Å². The maximum atomic E-state index is 5.74. The minimum absolute atomic E-state index is 0.730. The molecule has 0 amide bonds. The molecule has 1 saturated carbocycles. The molecule has 0 heterocycles. The lowest BCUT2D eigenvalue weighted by Crippen LogP contribution is -2.30. The summed E-state index contributed by atoms with van der Waals surface area (Å²) in [5, 5.41) is 0. The molecule has 0 aromatic heterocycles. The molecule has 0 aromatic rings. The van der Waals surface area contributed by atoms with Gasteiger partial charge in [0, 0.05) is 6.54 Å². The van der Waals surface area contributed by atoms with Crippen molar-refractivity contribution in [3.8, 4) is 0 Å². The van der Waals surface area contributed by atoms with E-state index in [0.717, 1.165) is 18.4 Å². The van der Waals surface area contributed by atoms with Crippen LogP contribution < -0.4 is 5.73 Å². The van der Waals surface area contributed by atoms with E-state index in [1.165, 1.54) is 58.0 Å². The van der Waals surface area contributed by atoms with Crippen LogP contribution in [0.1, 0.15) is 51.9 Å². The van der Waals surface area contributed by atoms with Crippen molar-refractivity contribution in [1.29, 1.82) is 0 Å². The summed E-state index contributed by atoms with van der Waals surface area (Å²) >= 11 is 0. The van der Waals surface area contributed by atoms with Crippen LogP contribution in [0.5, 0.6) is 0 Å². The molecule has 96 valence electrons. The van der Waals surface area contributed by atoms with Crippen LogP contribution in [0.4, 0.5) is 0 Å². The van der Waals surface area contributed by atoms with E-state index < -0.39 is 0 Å². The molecule has 16 heavy (non-hydrogen) atoms. The van der Waals surface area contributed by atoms with Crippen molar-refractivity contribution >= 4 is 0 Å². The van der Waals surface area contributed by atoms with Crippen molar-refractivity contribution in [2.24, 2.45) is 17.6 Å². The molecule has 0 spiro atoms. The highest BCUT2D eigenvalue weighted by molar-refractivity contribution is 4.70. The minimum atomic E-state index is 0.730. The van der Waals surface area contributed by atoms with E-state index in [1.807, 2.05) is 0 Å². The molecule has 0 aromatic carbocycles. The molecule has 1 fully saturated rings. The third-order valence-corrected chi connectivity index (χ3v) is 4.12. The van der Waals surface area contributed by atoms with Crippen LogP contribution in [0.3, 0.4) is 0 Å². The lowest BCUT2D eigenvalue weighted by atomic mass is 9.89. The lowest BCUT2D eigenvalue weighted by Gasteiger charge is -2.27. The van der Waals surface area contributed by atoms with Crippen LogP contribution in [-0.2, 0) is 0 Å². The Balaban J connectivity index is 2.11. The maximum Gasteiger partial charge on any atom is 0.000661 e. The van der Waals surface area contributed by atoms with Crippen molar-refractivity contribution in [2.45, 2.75) is 51.9 Å². The molecule has 1 aliphatic carbocycles. The van der Waals surface area contributed by atoms with Crippen LogP contribution in [0, 0.1) is 11.8 Å². The summed E-state index contributed by atoms with van der Waals surface area (Å²) < 4.78 is 0. The minimum Gasteiger partial charge on any atom is -0.330 e. The Morgan fingerprint density at radius 3 is 2.50 bits per heavy atom. The third kappa shape index (κ3) is 5.31. The maximum absolute atomic E-state index is 5.74. The standard InChI is InChI=1S/C14H30N2/c1-3-13(11-15)9-10-16(2)12-14-7-5-4-6-8-14/h13-14H,3-12,15H2,1-2H3. The van der Waals surface area contributed by atoms with E-state index in [0.29, 0.717) is 0 Å². The quantitative estimate of drug-likeness (QED) is 0.723. The topological polar surface area (TPSA) is 29.3 Å². The Labute approximate surface area is 102 Å². The highest BCUT2D eigenvalue weighted by Crippen LogP contribution is 2.24. The molecule has 0 radical (unpaired) electrons. The summed E-state index contributed by atoms with van der Waals surface area (Å²) in [4.78, 5) is 2.52. The van der Waals surface area contributed by atoms with Gasteiger partial charge in [-0.25, -0.2) is 0 Å². The van der Waals surface area contributed by atoms with Gasteiger partial charge in [0.1, 0.15) is 0 Å². The number of hydrogen-bond donors (Lipinski definition) is 1. The molecule has 2 nitrogen and oxygen atoms in total. The highest BCUT2D eigenvalue weighted by Gasteiger charge is 2.15. The molecule has 1 aliphatic rings. The first kappa shape index (κ1) is 14.0. The first-order valence-electron chi connectivity index (χ1n) is 7.14. The monoisotopic (exact) mass is 226 g/mol. The summed E-state index contributed by atoms with van der Waals surface area (Å²) in [5.74, 6) is 1.70. The number of hydrogen-bond acceptors (Lipinski definition) is 2. The summed E-state index contributed by atoms with van der Waals surface area (Å²) in [7, 11) is 2.28. The van der Waals surface area contributed by atoms with Gasteiger partial charge in [-0.05, 0) is 51.2 Å². The predicted molar refractivity (Wildman–Crippen MR) is 71.5 cm³/mol. The molecule has 2 heteroatoms. The molecular formula is C14H30N2. The Bertz CT molecular complexity index is 160. The second-order valence-electron chi connectivity index (χ2n) is 5.56. The first-order chi connectivity index (χ1) is 7.76. The highest BCUT2D eigenvalue weighted by atomic mass is 15.1. The average Bonchev–Trinajstić information content (AvgIpc) is 2.31. The summed E-state index contributed by atoms with van der Waals surface area (Å²) in [6.07, 6.45) is 9.80. The molecule has 1 unspecified atom stereocenters. The fourth-order valence-electron chi connectivity index (χ4n) is 2.79. The average molecular weight is 226 g/mol. The van der Waals surface area contributed by atoms with Crippen LogP contribution >= 0.6 is 0 Å². The SMILES string of the molecule is CCC(CN)CCN(C)CC1CCCCC1. The Kier molecular flexibility index (Phi) is 7.06. The smallest absolute Gasteiger partial charge is 0.000661 e. The van der Waals surface area contributed by atoms with Gasteiger partial charge >= 0.3 is 0 Å². The van der Waals surface area contributed by atoms with Crippen LogP contribution in [0.15, 0.2) is 0 Å². The van der Waals surface area contributed by atoms with Gasteiger partial charge in [0.05, 0.1) is 0 Å². The molecule has 0 bridgehead atoms. The number of nitrogens with zero attached hydrogens (tertiary/aromatic N) is 1. The molecule has 0 saturated heterocycles. The second kappa shape index (κ2) is 8.08. The summed E-state index contributed by atoms with van der Waals surface area (Å²) in [6, 6.07) is 0. The number of nitrogens with two attached hydrogens (primary N) is 1. The van der Waals surface area contributed by atoms with Gasteiger partial charge < -0.3 is 10.6 Å². The van der Waals surface area contributed by atoms with Gasteiger partial charge in [-0.1, -0.05) is 32.6 Å². The van der Waals surface area contributed by atoms with E-state index in [4.69, 9.17) is 5.73 Å². The fraction of sp³-hybridized carbons (Fsp3) is 1.00. The van der Waals surface area contributed by atoms with Crippen molar-refractivity contribution in [1.82, 2.24) is 4.90 Å². The van der Waals surface area contributed by atoms with Crippen molar-refractivity contribution in [3.05, 3.63) is 0 Å². The largest absolute Gasteiger partial charge is 0.330 e. The molecular weight excluding hydrogens is 196 g/mol. The number of rotatable bonds is 7. The lowest BCUT2D eigenvalue weighted by molar-refractivity contribution is 0.221. The summed E-state index contributed by atoms with van der Waals surface area (Å²) in [5.41, 5.74) is 5.74.